The second-order valence-electron chi connectivity index (χ2n) is 6.21. The minimum Gasteiger partial charge on any atom is -0.353 e. The molecule has 0 radical (unpaired) electrons. The summed E-state index contributed by atoms with van der Waals surface area (Å²) in [6, 6.07) is 14.9. The molecule has 5 heteroatoms. The number of hydrogen-bond acceptors (Lipinski definition) is 2. The van der Waals surface area contributed by atoms with Crippen LogP contribution in [0.2, 0.25) is 0 Å². The Balaban J connectivity index is 1.79. The number of halogens is 1. The van der Waals surface area contributed by atoms with Crippen molar-refractivity contribution < 1.29 is 14.0 Å². The highest BCUT2D eigenvalue weighted by atomic mass is 19.1. The molecule has 2 N–H and O–H groups in total. The molecule has 0 saturated heterocycles. The van der Waals surface area contributed by atoms with Gasteiger partial charge in [-0.25, -0.2) is 4.39 Å². The van der Waals surface area contributed by atoms with Gasteiger partial charge in [0.2, 0.25) is 5.91 Å². The largest absolute Gasteiger partial charge is 0.353 e. The molecular weight excluding hydrogens is 319 g/mol. The van der Waals surface area contributed by atoms with E-state index in [0.717, 1.165) is 0 Å². The van der Waals surface area contributed by atoms with Crippen LogP contribution >= 0.6 is 0 Å². The first kappa shape index (κ1) is 18.6. The fourth-order valence-electron chi connectivity index (χ4n) is 2.60. The van der Waals surface area contributed by atoms with Crippen molar-refractivity contribution in [3.05, 3.63) is 71.5 Å². The first-order valence-corrected chi connectivity index (χ1v) is 8.34. The summed E-state index contributed by atoms with van der Waals surface area (Å²) in [5, 5.41) is 5.64. The van der Waals surface area contributed by atoms with Gasteiger partial charge in [-0.3, -0.25) is 9.59 Å². The van der Waals surface area contributed by atoms with Gasteiger partial charge in [0.1, 0.15) is 5.82 Å². The highest BCUT2D eigenvalue weighted by Crippen LogP contribution is 2.09. The van der Waals surface area contributed by atoms with Crippen LogP contribution in [0.5, 0.6) is 0 Å². The number of rotatable bonds is 7. The van der Waals surface area contributed by atoms with Gasteiger partial charge in [-0.05, 0) is 44.0 Å². The van der Waals surface area contributed by atoms with E-state index in [0.29, 0.717) is 17.5 Å². The summed E-state index contributed by atoms with van der Waals surface area (Å²) < 4.78 is 13.6. The summed E-state index contributed by atoms with van der Waals surface area (Å²) in [6.45, 7) is 3.61. The molecule has 2 unspecified atom stereocenters. The average molecular weight is 342 g/mol. The maximum absolute atomic E-state index is 13.6. The lowest BCUT2D eigenvalue weighted by atomic mass is 10.1. The van der Waals surface area contributed by atoms with Crippen LogP contribution in [0.1, 0.15) is 36.2 Å². The van der Waals surface area contributed by atoms with Gasteiger partial charge in [0, 0.05) is 24.1 Å². The SMILES string of the molecule is CC(Cc1ccccc1F)NC(=O)CC(C)NC(=O)c1ccccc1. The van der Waals surface area contributed by atoms with E-state index in [9.17, 15) is 14.0 Å². The van der Waals surface area contributed by atoms with Crippen molar-refractivity contribution in [1.82, 2.24) is 10.6 Å². The molecule has 132 valence electrons. The van der Waals surface area contributed by atoms with Gasteiger partial charge < -0.3 is 10.6 Å². The summed E-state index contributed by atoms with van der Waals surface area (Å²) in [5.74, 6) is -0.655. The molecule has 2 rings (SSSR count). The van der Waals surface area contributed by atoms with Crippen LogP contribution in [0.3, 0.4) is 0 Å². The normalized spacial score (nSPS) is 12.9. The number of carbonyl (C=O) groups is 2. The number of benzene rings is 2. The van der Waals surface area contributed by atoms with Gasteiger partial charge in [-0.15, -0.1) is 0 Å². The van der Waals surface area contributed by atoms with Crippen LogP contribution in [0.4, 0.5) is 4.39 Å². The highest BCUT2D eigenvalue weighted by Gasteiger charge is 2.15. The molecule has 2 aromatic carbocycles. The zero-order valence-corrected chi connectivity index (χ0v) is 14.5. The zero-order chi connectivity index (χ0) is 18.2. The van der Waals surface area contributed by atoms with E-state index in [1.165, 1.54) is 6.07 Å². The number of nitrogens with one attached hydrogen (secondary N) is 2. The number of hydrogen-bond donors (Lipinski definition) is 2. The number of amides is 2. The summed E-state index contributed by atoms with van der Waals surface area (Å²) in [6.07, 6.45) is 0.587. The van der Waals surface area contributed by atoms with Crippen LogP contribution in [-0.2, 0) is 11.2 Å². The lowest BCUT2D eigenvalue weighted by Gasteiger charge is -2.17. The van der Waals surface area contributed by atoms with Crippen LogP contribution in [0.25, 0.3) is 0 Å². The Morgan fingerprint density at radius 2 is 1.56 bits per heavy atom. The minimum absolute atomic E-state index is 0.167. The molecule has 2 atom stereocenters. The van der Waals surface area contributed by atoms with E-state index >= 15 is 0 Å². The fourth-order valence-corrected chi connectivity index (χ4v) is 2.60. The van der Waals surface area contributed by atoms with Crippen LogP contribution in [0, 0.1) is 5.82 Å². The van der Waals surface area contributed by atoms with Crippen molar-refractivity contribution >= 4 is 11.8 Å². The van der Waals surface area contributed by atoms with E-state index in [1.54, 1.807) is 49.4 Å². The van der Waals surface area contributed by atoms with E-state index in [4.69, 9.17) is 0 Å². The molecule has 0 heterocycles. The van der Waals surface area contributed by atoms with Crippen molar-refractivity contribution in [1.29, 1.82) is 0 Å². The van der Waals surface area contributed by atoms with E-state index in [-0.39, 0.29) is 36.1 Å². The van der Waals surface area contributed by atoms with Crippen molar-refractivity contribution in [2.45, 2.75) is 38.8 Å². The molecule has 0 aromatic heterocycles. The molecular formula is C20H23FN2O2. The molecule has 25 heavy (non-hydrogen) atoms. The quantitative estimate of drug-likeness (QED) is 0.812. The van der Waals surface area contributed by atoms with Gasteiger partial charge in [-0.1, -0.05) is 36.4 Å². The van der Waals surface area contributed by atoms with Crippen LogP contribution in [0.15, 0.2) is 54.6 Å². The molecule has 0 aliphatic carbocycles. The molecule has 4 nitrogen and oxygen atoms in total. The Morgan fingerprint density at radius 3 is 2.24 bits per heavy atom. The summed E-state index contributed by atoms with van der Waals surface area (Å²) in [7, 11) is 0. The maximum Gasteiger partial charge on any atom is 0.251 e. The molecule has 0 fully saturated rings. The minimum atomic E-state index is -0.298. The molecule has 0 bridgehead atoms. The predicted molar refractivity (Wildman–Crippen MR) is 95.7 cm³/mol. The topological polar surface area (TPSA) is 58.2 Å². The molecule has 2 aromatic rings. The second kappa shape index (κ2) is 8.97. The molecule has 0 spiro atoms. The monoisotopic (exact) mass is 342 g/mol. The molecule has 2 amide bonds. The van der Waals surface area contributed by atoms with Gasteiger partial charge in [-0.2, -0.15) is 0 Å². The van der Waals surface area contributed by atoms with E-state index in [1.807, 2.05) is 13.0 Å². The van der Waals surface area contributed by atoms with Crippen molar-refractivity contribution in [2.24, 2.45) is 0 Å². The number of carbonyl (C=O) groups excluding carboxylic acids is 2. The lowest BCUT2D eigenvalue weighted by Crippen LogP contribution is -2.40. The third-order valence-corrected chi connectivity index (χ3v) is 3.80. The Morgan fingerprint density at radius 1 is 0.920 bits per heavy atom. The van der Waals surface area contributed by atoms with E-state index in [2.05, 4.69) is 10.6 Å². The van der Waals surface area contributed by atoms with Gasteiger partial charge >= 0.3 is 0 Å². The van der Waals surface area contributed by atoms with Crippen molar-refractivity contribution in [3.8, 4) is 0 Å². The molecule has 0 saturated carbocycles. The van der Waals surface area contributed by atoms with Crippen LogP contribution < -0.4 is 10.6 Å². The van der Waals surface area contributed by atoms with Gasteiger partial charge in [0.05, 0.1) is 0 Å². The third-order valence-electron chi connectivity index (χ3n) is 3.80. The zero-order valence-electron chi connectivity index (χ0n) is 14.5. The summed E-state index contributed by atoms with van der Waals surface area (Å²) >= 11 is 0. The Hall–Kier alpha value is -2.69. The first-order chi connectivity index (χ1) is 12.0. The second-order valence-corrected chi connectivity index (χ2v) is 6.21. The Bertz CT molecular complexity index is 719. The smallest absolute Gasteiger partial charge is 0.251 e. The lowest BCUT2D eigenvalue weighted by molar-refractivity contribution is -0.122. The predicted octanol–water partition coefficient (Wildman–Crippen LogP) is 3.08. The maximum atomic E-state index is 13.6. The Labute approximate surface area is 147 Å². The standard InChI is InChI=1S/C20H23FN2O2/c1-14(12-17-10-6-7-11-18(17)21)22-19(24)13-15(2)23-20(25)16-8-4-3-5-9-16/h3-11,14-15H,12-13H2,1-2H3,(H,22,24)(H,23,25). The summed E-state index contributed by atoms with van der Waals surface area (Å²) in [4.78, 5) is 24.2. The molecule has 0 aliphatic rings. The Kier molecular flexibility index (Phi) is 6.69. The van der Waals surface area contributed by atoms with Gasteiger partial charge in [0.15, 0.2) is 0 Å². The van der Waals surface area contributed by atoms with Gasteiger partial charge in [0.25, 0.3) is 5.91 Å². The van der Waals surface area contributed by atoms with E-state index < -0.39 is 0 Å². The molecule has 0 aliphatic heterocycles. The van der Waals surface area contributed by atoms with Crippen LogP contribution in [-0.4, -0.2) is 23.9 Å². The third kappa shape index (κ3) is 6.03. The van der Waals surface area contributed by atoms with Crippen molar-refractivity contribution in [3.63, 3.8) is 0 Å². The first-order valence-electron chi connectivity index (χ1n) is 8.34. The highest BCUT2D eigenvalue weighted by molar-refractivity contribution is 5.94. The fraction of sp³-hybridized carbons (Fsp3) is 0.300. The summed E-state index contributed by atoms with van der Waals surface area (Å²) in [5.41, 5.74) is 1.13. The average Bonchev–Trinajstić information content (AvgIpc) is 2.57. The van der Waals surface area contributed by atoms with Crippen molar-refractivity contribution in [2.75, 3.05) is 0 Å².